The van der Waals surface area contributed by atoms with Gasteiger partial charge in [0.25, 0.3) is 0 Å². The summed E-state index contributed by atoms with van der Waals surface area (Å²) >= 11 is 0. The summed E-state index contributed by atoms with van der Waals surface area (Å²) in [6.07, 6.45) is 4.29. The van der Waals surface area contributed by atoms with Gasteiger partial charge in [-0.05, 0) is 41.8 Å². The predicted molar refractivity (Wildman–Crippen MR) is 76.8 cm³/mol. The Hall–Kier alpha value is -2.36. The molecule has 1 atom stereocenters. The number of pyridine rings is 1. The highest BCUT2D eigenvalue weighted by Gasteiger charge is 2.29. The van der Waals surface area contributed by atoms with Crippen molar-refractivity contribution in [2.24, 2.45) is 0 Å². The molecule has 0 fully saturated rings. The number of aromatic nitrogens is 1. The second-order valence-electron chi connectivity index (χ2n) is 4.93. The number of carbonyl (C=O) groups excluding carboxylic acids is 1. The summed E-state index contributed by atoms with van der Waals surface area (Å²) in [5.41, 5.74) is 9.17. The zero-order chi connectivity index (χ0) is 14.1. The van der Waals surface area contributed by atoms with E-state index >= 15 is 0 Å². The van der Waals surface area contributed by atoms with E-state index in [1.54, 1.807) is 12.4 Å². The van der Waals surface area contributed by atoms with Crippen molar-refractivity contribution in [1.29, 1.82) is 0 Å². The van der Waals surface area contributed by atoms with E-state index in [0.29, 0.717) is 23.4 Å². The molecule has 4 nitrogen and oxygen atoms in total. The average molecular weight is 268 g/mol. The highest BCUT2D eigenvalue weighted by Crippen LogP contribution is 2.39. The van der Waals surface area contributed by atoms with Gasteiger partial charge >= 0.3 is 0 Å². The highest BCUT2D eigenvalue weighted by molar-refractivity contribution is 6.01. The van der Waals surface area contributed by atoms with Crippen molar-refractivity contribution < 1.29 is 9.53 Å². The van der Waals surface area contributed by atoms with Crippen molar-refractivity contribution in [2.45, 2.75) is 25.9 Å². The number of hydrogen-bond donors (Lipinski definition) is 1. The van der Waals surface area contributed by atoms with Gasteiger partial charge < -0.3 is 10.5 Å². The van der Waals surface area contributed by atoms with Crippen LogP contribution in [0.5, 0.6) is 5.75 Å². The molecule has 0 radical (unpaired) electrons. The van der Waals surface area contributed by atoms with E-state index in [4.69, 9.17) is 10.5 Å². The molecule has 1 aromatic carbocycles. The molecule has 4 heteroatoms. The predicted octanol–water partition coefficient (Wildman–Crippen LogP) is 2.93. The third kappa shape index (κ3) is 2.13. The minimum absolute atomic E-state index is 0.0788. The van der Waals surface area contributed by atoms with Crippen molar-refractivity contribution in [3.05, 3.63) is 53.3 Å². The van der Waals surface area contributed by atoms with Crippen LogP contribution in [0.2, 0.25) is 0 Å². The van der Waals surface area contributed by atoms with Crippen LogP contribution in [-0.4, -0.2) is 10.8 Å². The number of ether oxygens (including phenoxy) is 1. The van der Waals surface area contributed by atoms with E-state index in [1.807, 2.05) is 31.2 Å². The van der Waals surface area contributed by atoms with Gasteiger partial charge in [-0.2, -0.15) is 0 Å². The molecule has 0 spiro atoms. The van der Waals surface area contributed by atoms with Gasteiger partial charge in [-0.1, -0.05) is 6.92 Å². The lowest BCUT2D eigenvalue weighted by atomic mass is 9.94. The van der Waals surface area contributed by atoms with Gasteiger partial charge in [0.05, 0.1) is 17.7 Å². The largest absolute Gasteiger partial charge is 0.482 e. The van der Waals surface area contributed by atoms with Crippen molar-refractivity contribution in [2.75, 3.05) is 5.73 Å². The Morgan fingerprint density at radius 2 is 2.10 bits per heavy atom. The molecule has 1 unspecified atom stereocenters. The summed E-state index contributed by atoms with van der Waals surface area (Å²) in [5, 5.41) is 0. The van der Waals surface area contributed by atoms with Gasteiger partial charge in [0.2, 0.25) is 0 Å². The molecule has 0 saturated carbocycles. The molecule has 0 amide bonds. The first-order chi connectivity index (χ1) is 9.69. The molecular formula is C16H16N2O2. The Bertz CT molecular complexity index is 653. The van der Waals surface area contributed by atoms with Crippen molar-refractivity contribution in [3.8, 4) is 5.75 Å². The van der Waals surface area contributed by atoms with Crippen LogP contribution in [0.1, 0.15) is 40.9 Å². The summed E-state index contributed by atoms with van der Waals surface area (Å²) in [6.45, 7) is 2.04. The molecule has 0 bridgehead atoms. The minimum atomic E-state index is -0.284. The molecular weight excluding hydrogens is 252 g/mol. The average Bonchev–Trinajstić information content (AvgIpc) is 2.48. The second-order valence-corrected chi connectivity index (χ2v) is 4.93. The monoisotopic (exact) mass is 268 g/mol. The van der Waals surface area contributed by atoms with Crippen LogP contribution in [0, 0.1) is 0 Å². The third-order valence-electron chi connectivity index (χ3n) is 3.59. The zero-order valence-electron chi connectivity index (χ0n) is 11.3. The summed E-state index contributed by atoms with van der Waals surface area (Å²) in [6, 6.07) is 7.48. The first-order valence-corrected chi connectivity index (χ1v) is 6.71. The number of nitrogen functional groups attached to an aromatic ring is 1. The number of nitrogens with zero attached hydrogens (tertiary/aromatic N) is 1. The van der Waals surface area contributed by atoms with E-state index in [9.17, 15) is 4.79 Å². The molecule has 3 rings (SSSR count). The van der Waals surface area contributed by atoms with E-state index in [2.05, 4.69) is 4.98 Å². The Kier molecular flexibility index (Phi) is 3.14. The maximum atomic E-state index is 12.3. The smallest absolute Gasteiger partial charge is 0.170 e. The number of nitrogens with two attached hydrogens (primary N) is 1. The fourth-order valence-electron chi connectivity index (χ4n) is 2.48. The van der Waals surface area contributed by atoms with Crippen molar-refractivity contribution in [1.82, 2.24) is 4.98 Å². The summed E-state index contributed by atoms with van der Waals surface area (Å²) < 4.78 is 5.95. The maximum Gasteiger partial charge on any atom is 0.170 e. The van der Waals surface area contributed by atoms with Crippen molar-refractivity contribution in [3.63, 3.8) is 0 Å². The van der Waals surface area contributed by atoms with E-state index in [1.165, 1.54) is 0 Å². The van der Waals surface area contributed by atoms with Crippen LogP contribution in [-0.2, 0) is 6.42 Å². The highest BCUT2D eigenvalue weighted by atomic mass is 16.5. The number of aryl methyl sites for hydroxylation is 1. The quantitative estimate of drug-likeness (QED) is 0.850. The SMILES string of the molecule is CCc1cc(N)c2c(c1)C(=O)CC(c1ccncc1)O2. The lowest BCUT2D eigenvalue weighted by Gasteiger charge is -2.27. The molecule has 0 saturated heterocycles. The Morgan fingerprint density at radius 3 is 2.80 bits per heavy atom. The number of ketones is 1. The zero-order valence-corrected chi connectivity index (χ0v) is 11.3. The van der Waals surface area contributed by atoms with Crippen LogP contribution in [0.3, 0.4) is 0 Å². The molecule has 1 aliphatic rings. The standard InChI is InChI=1S/C16H16N2O2/c1-2-10-7-12-14(19)9-15(11-3-5-18-6-4-11)20-16(12)13(17)8-10/h3-8,15H,2,9,17H2,1H3. The van der Waals surface area contributed by atoms with E-state index < -0.39 is 0 Å². The number of fused-ring (bicyclic) bond motifs is 1. The number of rotatable bonds is 2. The Labute approximate surface area is 117 Å². The van der Waals surface area contributed by atoms with Crippen molar-refractivity contribution >= 4 is 11.5 Å². The second kappa shape index (κ2) is 4.96. The van der Waals surface area contributed by atoms with Gasteiger partial charge in [0.1, 0.15) is 6.10 Å². The normalized spacial score (nSPS) is 17.4. The van der Waals surface area contributed by atoms with Crippen LogP contribution in [0.25, 0.3) is 0 Å². The minimum Gasteiger partial charge on any atom is -0.482 e. The lowest BCUT2D eigenvalue weighted by Crippen LogP contribution is -2.21. The summed E-state index contributed by atoms with van der Waals surface area (Å²) in [4.78, 5) is 16.3. The van der Waals surface area contributed by atoms with Crippen LogP contribution in [0.4, 0.5) is 5.69 Å². The molecule has 20 heavy (non-hydrogen) atoms. The number of Topliss-reactive ketones (excluding diaryl/α,β-unsaturated/α-hetero) is 1. The Morgan fingerprint density at radius 1 is 1.35 bits per heavy atom. The number of anilines is 1. The van der Waals surface area contributed by atoms with Gasteiger partial charge in [-0.15, -0.1) is 0 Å². The van der Waals surface area contributed by atoms with Gasteiger partial charge in [0, 0.05) is 12.4 Å². The number of carbonyl (C=O) groups is 1. The van der Waals surface area contributed by atoms with Gasteiger partial charge in [-0.3, -0.25) is 9.78 Å². The summed E-state index contributed by atoms with van der Waals surface area (Å²) in [5.74, 6) is 0.593. The topological polar surface area (TPSA) is 65.2 Å². The fourth-order valence-corrected chi connectivity index (χ4v) is 2.48. The summed E-state index contributed by atoms with van der Waals surface area (Å²) in [7, 11) is 0. The molecule has 1 aromatic heterocycles. The third-order valence-corrected chi connectivity index (χ3v) is 3.59. The molecule has 2 N–H and O–H groups in total. The first kappa shape index (κ1) is 12.7. The molecule has 2 aromatic rings. The van der Waals surface area contributed by atoms with Crippen LogP contribution >= 0.6 is 0 Å². The van der Waals surface area contributed by atoms with Gasteiger partial charge in [0.15, 0.2) is 11.5 Å². The molecule has 102 valence electrons. The number of benzene rings is 1. The van der Waals surface area contributed by atoms with Crippen LogP contribution in [0.15, 0.2) is 36.7 Å². The Balaban J connectivity index is 2.01. The van der Waals surface area contributed by atoms with E-state index in [-0.39, 0.29) is 11.9 Å². The first-order valence-electron chi connectivity index (χ1n) is 6.71. The van der Waals surface area contributed by atoms with Gasteiger partial charge in [-0.25, -0.2) is 0 Å². The maximum absolute atomic E-state index is 12.3. The lowest BCUT2D eigenvalue weighted by molar-refractivity contribution is 0.0851. The molecule has 2 heterocycles. The van der Waals surface area contributed by atoms with E-state index in [0.717, 1.165) is 17.5 Å². The molecule has 1 aliphatic heterocycles. The van der Waals surface area contributed by atoms with Crippen LogP contribution < -0.4 is 10.5 Å². The molecule has 0 aliphatic carbocycles. The fraction of sp³-hybridized carbons (Fsp3) is 0.250. The number of hydrogen-bond acceptors (Lipinski definition) is 4.